The van der Waals surface area contributed by atoms with Crippen LogP contribution < -0.4 is 20.7 Å². The minimum atomic E-state index is -1.19. The Morgan fingerprint density at radius 3 is 2.56 bits per heavy atom. The number of nitrogens with one attached hydrogen (secondary N) is 3. The van der Waals surface area contributed by atoms with Crippen molar-refractivity contribution in [2.75, 3.05) is 27.4 Å². The van der Waals surface area contributed by atoms with Crippen molar-refractivity contribution < 1.29 is 38.1 Å². The van der Waals surface area contributed by atoms with Gasteiger partial charge >= 0.3 is 12.1 Å². The summed E-state index contributed by atoms with van der Waals surface area (Å²) in [6, 6.07) is 8.88. The first-order chi connectivity index (χ1) is 18.7. The summed E-state index contributed by atoms with van der Waals surface area (Å²) in [5.74, 6) is 4.20. The average molecular weight is 649 g/mol. The molecule has 1 aliphatic rings. The van der Waals surface area contributed by atoms with Crippen LogP contribution in [-0.2, 0) is 35.2 Å². The number of benzene rings is 2. The van der Waals surface area contributed by atoms with Crippen LogP contribution in [0.4, 0.5) is 4.79 Å². The minimum absolute atomic E-state index is 0.000182. The van der Waals surface area contributed by atoms with Crippen LogP contribution in [0.3, 0.4) is 0 Å². The Balaban J connectivity index is 1.85. The van der Waals surface area contributed by atoms with Crippen LogP contribution in [0, 0.1) is 15.4 Å². The third-order valence-electron chi connectivity index (χ3n) is 5.58. The highest BCUT2D eigenvalue weighted by molar-refractivity contribution is 14.1. The van der Waals surface area contributed by atoms with Crippen LogP contribution in [0.2, 0.25) is 0 Å². The summed E-state index contributed by atoms with van der Waals surface area (Å²) in [7, 11) is 2.70. The second-order valence-electron chi connectivity index (χ2n) is 8.35. The highest BCUT2D eigenvalue weighted by Crippen LogP contribution is 2.30. The Morgan fingerprint density at radius 1 is 1.13 bits per heavy atom. The summed E-state index contributed by atoms with van der Waals surface area (Å²) < 4.78 is 21.8. The number of rotatable bonds is 5. The van der Waals surface area contributed by atoms with E-state index in [0.29, 0.717) is 20.4 Å². The number of carbonyl (C=O) groups excluding carboxylic acids is 4. The number of fused-ring (bicyclic) bond motifs is 2. The second-order valence-corrected chi connectivity index (χ2v) is 9.52. The van der Waals surface area contributed by atoms with Gasteiger partial charge in [0, 0.05) is 0 Å². The van der Waals surface area contributed by atoms with Crippen molar-refractivity contribution in [1.82, 2.24) is 16.0 Å². The van der Waals surface area contributed by atoms with Crippen LogP contribution in [0.25, 0.3) is 0 Å². The largest absolute Gasteiger partial charge is 0.494 e. The summed E-state index contributed by atoms with van der Waals surface area (Å²) >= 11 is 2.04. The lowest BCUT2D eigenvalue weighted by Gasteiger charge is -2.23. The Morgan fingerprint density at radius 2 is 1.87 bits per heavy atom. The fourth-order valence-electron chi connectivity index (χ4n) is 3.57. The molecule has 0 aromatic heterocycles. The number of ether oxygens (including phenoxy) is 4. The van der Waals surface area contributed by atoms with Crippen LogP contribution in [0.5, 0.6) is 5.75 Å². The molecule has 1 aliphatic heterocycles. The maximum atomic E-state index is 13.0. The van der Waals surface area contributed by atoms with Crippen molar-refractivity contribution >= 4 is 46.5 Å². The molecule has 2 bridgehead atoms. The van der Waals surface area contributed by atoms with E-state index in [9.17, 15) is 19.2 Å². The topological polar surface area (TPSA) is 141 Å². The third-order valence-corrected chi connectivity index (χ3v) is 6.38. The molecule has 1 unspecified atom stereocenters. The zero-order valence-corrected chi connectivity index (χ0v) is 23.7. The molecule has 0 fully saturated rings. The molecule has 2 aromatic rings. The van der Waals surface area contributed by atoms with Crippen LogP contribution in [0.15, 0.2) is 42.5 Å². The van der Waals surface area contributed by atoms with Gasteiger partial charge in [-0.1, -0.05) is 42.2 Å². The molecule has 3 amide bonds. The van der Waals surface area contributed by atoms with Gasteiger partial charge in [-0.15, -0.1) is 0 Å². The number of methoxy groups -OCH3 is 2. The van der Waals surface area contributed by atoms with E-state index < -0.39 is 42.0 Å². The average Bonchev–Trinajstić information content (AvgIpc) is 2.93. The molecule has 0 aliphatic carbocycles. The predicted molar refractivity (Wildman–Crippen MR) is 147 cm³/mol. The maximum absolute atomic E-state index is 13.0. The molecule has 0 spiro atoms. The van der Waals surface area contributed by atoms with Crippen LogP contribution >= 0.6 is 22.6 Å². The summed E-state index contributed by atoms with van der Waals surface area (Å²) in [6.45, 7) is 1.12. The van der Waals surface area contributed by atoms with Gasteiger partial charge in [-0.2, -0.15) is 0 Å². The van der Waals surface area contributed by atoms with E-state index in [1.807, 2.05) is 40.8 Å². The number of halogens is 1. The van der Waals surface area contributed by atoms with Gasteiger partial charge in [-0.3, -0.25) is 9.59 Å². The Labute approximate surface area is 239 Å². The van der Waals surface area contributed by atoms with Gasteiger partial charge in [-0.05, 0) is 52.8 Å². The number of esters is 1. The van der Waals surface area contributed by atoms with Gasteiger partial charge < -0.3 is 34.9 Å². The smallest absolute Gasteiger partial charge is 0.408 e. The fourth-order valence-corrected chi connectivity index (χ4v) is 4.44. The Hall–Kier alpha value is -3.83. The standard InChI is InChI=1S/C27H28IN3O8/c1-16-24(32)31-22(26(34)37-3)19-12-18(23(36-2)20(28)13-19)10-7-11-38-15-21(25(33)29-16)30-27(35)39-14-17-8-5-4-6-9-17/h4-6,8-9,12-13,16,21-22H,11,14-15H2,1-3H3,(H,29,33)(H,30,35)(H,31,32)/t16-,21?,22+/m1/s1. The first-order valence-electron chi connectivity index (χ1n) is 11.8. The number of alkyl carbamates (subject to hydrolysis) is 1. The molecule has 11 nitrogen and oxygen atoms in total. The number of amides is 3. The number of carbonyl (C=O) groups is 4. The molecule has 1 heterocycles. The van der Waals surface area contributed by atoms with Gasteiger partial charge in [0.25, 0.3) is 0 Å². The molecular weight excluding hydrogens is 621 g/mol. The zero-order chi connectivity index (χ0) is 28.4. The number of hydrogen-bond acceptors (Lipinski definition) is 8. The Bertz CT molecular complexity index is 1280. The molecule has 206 valence electrons. The number of hydrogen-bond donors (Lipinski definition) is 3. The van der Waals surface area contributed by atoms with Gasteiger partial charge in [0.15, 0.2) is 6.04 Å². The first kappa shape index (κ1) is 29.7. The van der Waals surface area contributed by atoms with Gasteiger partial charge in [-0.25, -0.2) is 9.59 Å². The molecule has 2 aromatic carbocycles. The Kier molecular flexibility index (Phi) is 10.9. The maximum Gasteiger partial charge on any atom is 0.408 e. The molecule has 3 N–H and O–H groups in total. The third kappa shape index (κ3) is 8.33. The van der Waals surface area contributed by atoms with E-state index in [2.05, 4.69) is 27.8 Å². The zero-order valence-electron chi connectivity index (χ0n) is 21.5. The van der Waals surface area contributed by atoms with Crippen LogP contribution in [0.1, 0.15) is 29.7 Å². The quantitative estimate of drug-likeness (QED) is 0.253. The second kappa shape index (κ2) is 14.4. The van der Waals surface area contributed by atoms with Gasteiger partial charge in [0.1, 0.15) is 31.0 Å². The molecule has 0 saturated carbocycles. The molecule has 12 heteroatoms. The van der Waals surface area contributed by atoms with E-state index in [-0.39, 0.29) is 19.8 Å². The lowest BCUT2D eigenvalue weighted by Crippen LogP contribution is -2.55. The summed E-state index contributed by atoms with van der Waals surface area (Å²) in [5.41, 5.74) is 1.65. The SMILES string of the molecule is COC(=O)[C@H]1NC(=O)[C@@H](C)NC(=O)C(NC(=O)OCc2ccccc2)COCC#Cc2cc1cc(I)c2OC. The first-order valence-corrected chi connectivity index (χ1v) is 12.9. The van der Waals surface area contributed by atoms with E-state index in [4.69, 9.17) is 18.9 Å². The van der Waals surface area contributed by atoms with Crippen molar-refractivity contribution in [2.45, 2.75) is 31.7 Å². The minimum Gasteiger partial charge on any atom is -0.494 e. The van der Waals surface area contributed by atoms with Crippen molar-refractivity contribution in [3.63, 3.8) is 0 Å². The molecule has 3 atom stereocenters. The van der Waals surface area contributed by atoms with Crippen molar-refractivity contribution in [2.24, 2.45) is 0 Å². The molecular formula is C27H28IN3O8. The molecule has 0 radical (unpaired) electrons. The lowest BCUT2D eigenvalue weighted by molar-refractivity contribution is -0.145. The highest BCUT2D eigenvalue weighted by atomic mass is 127. The summed E-state index contributed by atoms with van der Waals surface area (Å²) in [6.07, 6.45) is -0.843. The van der Waals surface area contributed by atoms with Crippen molar-refractivity contribution in [1.29, 1.82) is 0 Å². The van der Waals surface area contributed by atoms with Gasteiger partial charge in [0.2, 0.25) is 11.8 Å². The van der Waals surface area contributed by atoms with E-state index >= 15 is 0 Å². The van der Waals surface area contributed by atoms with Crippen molar-refractivity contribution in [3.05, 3.63) is 62.7 Å². The normalized spacial score (nSPS) is 19.5. The predicted octanol–water partition coefficient (Wildman–Crippen LogP) is 1.81. The fraction of sp³-hybridized carbons (Fsp3) is 0.333. The van der Waals surface area contributed by atoms with Gasteiger partial charge in [0.05, 0.1) is 30.0 Å². The van der Waals surface area contributed by atoms with Crippen LogP contribution in [-0.4, -0.2) is 63.4 Å². The molecule has 0 saturated heterocycles. The summed E-state index contributed by atoms with van der Waals surface area (Å²) in [4.78, 5) is 51.0. The molecule has 39 heavy (non-hydrogen) atoms. The van der Waals surface area contributed by atoms with E-state index in [0.717, 1.165) is 5.56 Å². The highest BCUT2D eigenvalue weighted by Gasteiger charge is 2.30. The van der Waals surface area contributed by atoms with Crippen molar-refractivity contribution in [3.8, 4) is 17.6 Å². The lowest BCUT2D eigenvalue weighted by atomic mass is 10.0. The summed E-state index contributed by atoms with van der Waals surface area (Å²) in [5, 5.41) is 7.60. The monoisotopic (exact) mass is 649 g/mol. The van der Waals surface area contributed by atoms with E-state index in [1.165, 1.54) is 21.1 Å². The molecule has 3 rings (SSSR count). The van der Waals surface area contributed by atoms with E-state index in [1.54, 1.807) is 24.3 Å².